The van der Waals surface area contributed by atoms with E-state index in [9.17, 15) is 19.2 Å². The number of fused-ring (bicyclic) bond motifs is 1. The maximum Gasteiger partial charge on any atom is 0.272 e. The third-order valence-corrected chi connectivity index (χ3v) is 9.38. The van der Waals surface area contributed by atoms with Crippen molar-refractivity contribution in [3.05, 3.63) is 59.6 Å². The first-order valence-corrected chi connectivity index (χ1v) is 16.8. The number of furan rings is 1. The van der Waals surface area contributed by atoms with Crippen molar-refractivity contribution >= 4 is 46.2 Å². The van der Waals surface area contributed by atoms with E-state index in [1.54, 1.807) is 21.9 Å². The average Bonchev–Trinajstić information content (AvgIpc) is 3.84. The Bertz CT molecular complexity index is 1690. The lowest BCUT2D eigenvalue weighted by Gasteiger charge is -2.25. The second-order valence-corrected chi connectivity index (χ2v) is 13.1. The molecule has 3 aromatic rings. The summed E-state index contributed by atoms with van der Waals surface area (Å²) < 4.78 is 5.71. The molecular formula is C35H44N8O5. The van der Waals surface area contributed by atoms with Crippen LogP contribution in [0.1, 0.15) is 65.1 Å². The van der Waals surface area contributed by atoms with Crippen LogP contribution in [-0.4, -0.2) is 120 Å². The maximum atomic E-state index is 13.7. The Hall–Kier alpha value is -4.78. The largest absolute Gasteiger partial charge is 0.461 e. The molecule has 0 aliphatic carbocycles. The van der Waals surface area contributed by atoms with Gasteiger partial charge in [-0.05, 0) is 95.9 Å². The molecule has 2 unspecified atom stereocenters. The second-order valence-electron chi connectivity index (χ2n) is 13.1. The lowest BCUT2D eigenvalue weighted by Crippen LogP contribution is -2.45. The van der Waals surface area contributed by atoms with Crippen molar-refractivity contribution < 1.29 is 23.6 Å². The highest BCUT2D eigenvalue weighted by Gasteiger charge is 2.31. The molecule has 3 saturated heterocycles. The summed E-state index contributed by atoms with van der Waals surface area (Å²) in [5.74, 6) is -0.0788. The molecule has 1 aromatic carbocycles. The van der Waals surface area contributed by atoms with E-state index in [1.165, 1.54) is 6.20 Å². The van der Waals surface area contributed by atoms with E-state index in [0.29, 0.717) is 37.8 Å². The van der Waals surface area contributed by atoms with Gasteiger partial charge in [0, 0.05) is 56.0 Å². The van der Waals surface area contributed by atoms with Gasteiger partial charge in [-0.25, -0.2) is 4.99 Å². The molecule has 2 N–H and O–H groups in total. The number of guanidine groups is 1. The highest BCUT2D eigenvalue weighted by atomic mass is 16.3. The lowest BCUT2D eigenvalue weighted by molar-refractivity contribution is -0.140. The van der Waals surface area contributed by atoms with Crippen LogP contribution < -0.4 is 10.6 Å². The van der Waals surface area contributed by atoms with Crippen molar-refractivity contribution in [2.45, 2.75) is 57.5 Å². The summed E-state index contributed by atoms with van der Waals surface area (Å²) >= 11 is 0. The number of hydrogen-bond donors (Lipinski definition) is 2. The van der Waals surface area contributed by atoms with Gasteiger partial charge < -0.3 is 29.3 Å². The molecule has 0 radical (unpaired) electrons. The number of likely N-dealkylation sites (N-methyl/N-ethyl adjacent to an activating group) is 1. The minimum atomic E-state index is -0.786. The van der Waals surface area contributed by atoms with Gasteiger partial charge in [0.2, 0.25) is 17.8 Å². The molecule has 3 aliphatic rings. The van der Waals surface area contributed by atoms with Crippen LogP contribution >= 0.6 is 0 Å². The summed E-state index contributed by atoms with van der Waals surface area (Å²) in [5.41, 5.74) is 1.88. The van der Waals surface area contributed by atoms with Crippen molar-refractivity contribution in [3.63, 3.8) is 0 Å². The van der Waals surface area contributed by atoms with Crippen LogP contribution in [0.15, 0.2) is 52.0 Å². The molecule has 3 aliphatic heterocycles. The number of benzene rings is 1. The molecule has 5 heterocycles. The van der Waals surface area contributed by atoms with Gasteiger partial charge in [-0.3, -0.25) is 29.5 Å². The second kappa shape index (κ2) is 14.5. The maximum absolute atomic E-state index is 13.7. The first-order chi connectivity index (χ1) is 23.1. The van der Waals surface area contributed by atoms with Crippen LogP contribution in [-0.2, 0) is 9.59 Å². The topological polar surface area (TPSA) is 144 Å². The quantitative estimate of drug-likeness (QED) is 0.292. The molecule has 2 atom stereocenters. The van der Waals surface area contributed by atoms with Crippen LogP contribution in [0.5, 0.6) is 0 Å². The van der Waals surface area contributed by atoms with Crippen molar-refractivity contribution in [1.82, 2.24) is 29.9 Å². The number of carbonyl (C=O) groups is 4. The number of hydrogen-bond acceptors (Lipinski definition) is 8. The number of aryl methyl sites for hydroxylation is 1. The average molecular weight is 657 g/mol. The number of nitrogens with one attached hydrogen (secondary N) is 2. The Morgan fingerprint density at radius 1 is 0.979 bits per heavy atom. The standard InChI is InChI=1S/C35H44N8O5/c1-23-18-25-19-26(10-12-30(25)48-23)37-35(38-29-8-4-5-16-42(34(29)47)22-31(44)41-14-6-7-15-41)39-32(45)24-9-11-28(36-20-24)33(46)43-17-13-27(21-43)40(2)3/h9-12,18-20,27,29H,4-8,13-17,21-22H2,1-3H3,(H2,37,38,39,45). The Morgan fingerprint density at radius 3 is 2.50 bits per heavy atom. The fourth-order valence-corrected chi connectivity index (χ4v) is 6.58. The van der Waals surface area contributed by atoms with Crippen LogP contribution in [0.3, 0.4) is 0 Å². The molecule has 0 spiro atoms. The number of pyridine rings is 1. The normalized spacial score (nSPS) is 20.5. The van der Waals surface area contributed by atoms with E-state index in [2.05, 4.69) is 20.5 Å². The van der Waals surface area contributed by atoms with E-state index >= 15 is 0 Å². The third kappa shape index (κ3) is 7.67. The Labute approximate surface area is 280 Å². The fraction of sp³-hybridized carbons (Fsp3) is 0.486. The molecule has 0 saturated carbocycles. The summed E-state index contributed by atoms with van der Waals surface area (Å²) in [5, 5.41) is 6.91. The number of likely N-dealkylation sites (tertiary alicyclic amines) is 3. The zero-order valence-corrected chi connectivity index (χ0v) is 27.9. The van der Waals surface area contributed by atoms with Crippen molar-refractivity contribution in [1.29, 1.82) is 0 Å². The van der Waals surface area contributed by atoms with Crippen LogP contribution in [0.25, 0.3) is 11.0 Å². The van der Waals surface area contributed by atoms with Gasteiger partial charge in [0.25, 0.3) is 11.8 Å². The van der Waals surface area contributed by atoms with E-state index in [1.807, 2.05) is 50.2 Å². The van der Waals surface area contributed by atoms with Gasteiger partial charge in [-0.2, -0.15) is 0 Å². The zero-order valence-electron chi connectivity index (χ0n) is 27.9. The summed E-state index contributed by atoms with van der Waals surface area (Å²) in [6, 6.07) is 10.1. The number of anilines is 1. The first kappa shape index (κ1) is 33.1. The van der Waals surface area contributed by atoms with Crippen LogP contribution in [0.4, 0.5) is 5.69 Å². The van der Waals surface area contributed by atoms with Gasteiger partial charge in [-0.1, -0.05) is 0 Å². The minimum Gasteiger partial charge on any atom is -0.461 e. The predicted molar refractivity (Wildman–Crippen MR) is 182 cm³/mol. The summed E-state index contributed by atoms with van der Waals surface area (Å²) in [6.45, 7) is 5.13. The number of rotatable bonds is 7. The van der Waals surface area contributed by atoms with Crippen molar-refractivity contribution in [2.24, 2.45) is 4.99 Å². The number of aromatic nitrogens is 1. The number of amides is 4. The highest BCUT2D eigenvalue weighted by molar-refractivity contribution is 6.11. The van der Waals surface area contributed by atoms with Crippen molar-refractivity contribution in [2.75, 3.05) is 58.7 Å². The number of nitrogens with zero attached hydrogens (tertiary/aromatic N) is 6. The molecule has 2 aromatic heterocycles. The Morgan fingerprint density at radius 2 is 1.77 bits per heavy atom. The summed E-state index contributed by atoms with van der Waals surface area (Å²) in [6.07, 6.45) is 6.24. The van der Waals surface area contributed by atoms with Gasteiger partial charge in [0.05, 0.1) is 12.1 Å². The summed E-state index contributed by atoms with van der Waals surface area (Å²) in [4.78, 5) is 69.6. The smallest absolute Gasteiger partial charge is 0.272 e. The summed E-state index contributed by atoms with van der Waals surface area (Å²) in [7, 11) is 4.01. The lowest BCUT2D eigenvalue weighted by atomic mass is 10.1. The third-order valence-electron chi connectivity index (χ3n) is 9.38. The molecular weight excluding hydrogens is 612 g/mol. The fourth-order valence-electron chi connectivity index (χ4n) is 6.58. The van der Waals surface area contributed by atoms with E-state index in [4.69, 9.17) is 9.41 Å². The van der Waals surface area contributed by atoms with Crippen molar-refractivity contribution in [3.8, 4) is 0 Å². The molecule has 48 heavy (non-hydrogen) atoms. The van der Waals surface area contributed by atoms with Gasteiger partial charge in [0.1, 0.15) is 23.1 Å². The molecule has 13 heteroatoms. The monoisotopic (exact) mass is 656 g/mol. The molecule has 4 amide bonds. The Kier molecular flexibility index (Phi) is 10.0. The zero-order chi connectivity index (χ0) is 33.8. The van der Waals surface area contributed by atoms with Gasteiger partial charge >= 0.3 is 0 Å². The van der Waals surface area contributed by atoms with E-state index < -0.39 is 11.9 Å². The molecule has 6 rings (SSSR count). The van der Waals surface area contributed by atoms with Crippen LogP contribution in [0.2, 0.25) is 0 Å². The highest BCUT2D eigenvalue weighted by Crippen LogP contribution is 2.23. The molecule has 254 valence electrons. The Balaban J connectivity index is 1.20. The predicted octanol–water partition coefficient (Wildman–Crippen LogP) is 3.11. The SMILES string of the molecule is Cc1cc2cc(NC(=NC3CCCCN(CC(=O)N4CCCC4)C3=O)NC(=O)c3ccc(C(=O)N4CCC(N(C)C)C4)nc3)ccc2o1. The van der Waals surface area contributed by atoms with Gasteiger partial charge in [0.15, 0.2) is 0 Å². The molecule has 3 fully saturated rings. The van der Waals surface area contributed by atoms with Gasteiger partial charge in [-0.15, -0.1) is 0 Å². The first-order valence-electron chi connectivity index (χ1n) is 16.8. The van der Waals surface area contributed by atoms with E-state index in [0.717, 1.165) is 61.9 Å². The number of carbonyl (C=O) groups excluding carboxylic acids is 4. The molecule has 13 nitrogen and oxygen atoms in total. The minimum absolute atomic E-state index is 0.0282. The van der Waals surface area contributed by atoms with Crippen LogP contribution in [0, 0.1) is 6.92 Å². The van der Waals surface area contributed by atoms with E-state index in [-0.39, 0.29) is 41.5 Å². The molecule has 0 bridgehead atoms. The number of aliphatic imine (C=N–C) groups is 1.